The minimum Gasteiger partial charge on any atom is -0.395 e. The molecular weight excluding hydrogens is 470 g/mol. The van der Waals surface area contributed by atoms with Gasteiger partial charge in [-0.05, 0) is 42.1 Å². The number of nitrogens with two attached hydrogens (primary N) is 1. The number of aliphatic hydroxyl groups is 1. The van der Waals surface area contributed by atoms with Gasteiger partial charge in [0.25, 0.3) is 0 Å². The summed E-state index contributed by atoms with van der Waals surface area (Å²) in [5, 5.41) is 9.03. The summed E-state index contributed by atoms with van der Waals surface area (Å²) in [6, 6.07) is 8.38. The summed E-state index contributed by atoms with van der Waals surface area (Å²) < 4.78 is 9.80. The zero-order valence-corrected chi connectivity index (χ0v) is 20.3. The molecule has 9 nitrogen and oxygen atoms in total. The van der Waals surface area contributed by atoms with Crippen LogP contribution in [-0.2, 0) is 4.74 Å². The average molecular weight is 496 g/mol. The van der Waals surface area contributed by atoms with E-state index in [0.29, 0.717) is 25.6 Å². The van der Waals surface area contributed by atoms with Crippen LogP contribution in [0.25, 0.3) is 32.0 Å². The van der Waals surface area contributed by atoms with E-state index >= 15 is 0 Å². The van der Waals surface area contributed by atoms with Crippen molar-refractivity contribution in [1.82, 2.24) is 24.7 Å². The van der Waals surface area contributed by atoms with Crippen LogP contribution in [0, 0.1) is 6.92 Å². The monoisotopic (exact) mass is 495 g/mol. The number of hydrogen-bond acceptors (Lipinski definition) is 11. The number of ether oxygens (including phenoxy) is 1. The Balaban J connectivity index is 1.62. The van der Waals surface area contributed by atoms with Crippen molar-refractivity contribution in [3.05, 3.63) is 42.2 Å². The zero-order valence-electron chi connectivity index (χ0n) is 18.7. The van der Waals surface area contributed by atoms with E-state index < -0.39 is 0 Å². The fraction of sp³-hybridized carbons (Fsp3) is 0.304. The van der Waals surface area contributed by atoms with Gasteiger partial charge in [-0.15, -0.1) is 11.3 Å². The van der Waals surface area contributed by atoms with Gasteiger partial charge < -0.3 is 20.5 Å². The maximum absolute atomic E-state index is 9.03. The molecule has 4 N–H and O–H groups in total. The summed E-state index contributed by atoms with van der Waals surface area (Å²) in [7, 11) is 0. The van der Waals surface area contributed by atoms with Gasteiger partial charge in [0.05, 0.1) is 35.6 Å². The fourth-order valence-corrected chi connectivity index (χ4v) is 5.75. The van der Waals surface area contributed by atoms with Crippen molar-refractivity contribution in [3.8, 4) is 21.8 Å². The molecule has 3 aromatic heterocycles. The van der Waals surface area contributed by atoms with Crippen molar-refractivity contribution in [3.63, 3.8) is 0 Å². The number of nitrogens with zero attached hydrogens (tertiary/aromatic N) is 5. The molecule has 0 bridgehead atoms. The fourth-order valence-electron chi connectivity index (χ4n) is 3.80. The van der Waals surface area contributed by atoms with Crippen LogP contribution in [-0.4, -0.2) is 64.5 Å². The predicted molar refractivity (Wildman–Crippen MR) is 137 cm³/mol. The Hall–Kier alpha value is -2.83. The second-order valence-corrected chi connectivity index (χ2v) is 9.77. The minimum absolute atomic E-state index is 0.104. The lowest BCUT2D eigenvalue weighted by Crippen LogP contribution is -2.36. The van der Waals surface area contributed by atoms with E-state index in [-0.39, 0.29) is 12.6 Å². The summed E-state index contributed by atoms with van der Waals surface area (Å²) in [6.45, 7) is 5.64. The molecule has 4 aromatic rings. The molecule has 0 saturated carbocycles. The number of morpholine rings is 1. The lowest BCUT2D eigenvalue weighted by Gasteiger charge is -2.28. The summed E-state index contributed by atoms with van der Waals surface area (Å²) in [5.74, 6) is 1.71. The number of hydrogen-bond donors (Lipinski definition) is 3. The first-order chi connectivity index (χ1) is 16.6. The van der Waals surface area contributed by atoms with Gasteiger partial charge in [0, 0.05) is 41.8 Å². The van der Waals surface area contributed by atoms with Gasteiger partial charge in [-0.2, -0.15) is 0 Å². The quantitative estimate of drug-likeness (QED) is 0.260. The summed E-state index contributed by atoms with van der Waals surface area (Å²) in [6.07, 6.45) is 3.32. The Bertz CT molecular complexity index is 1290. The number of nitrogen functional groups attached to an aromatic ring is 1. The first kappa shape index (κ1) is 22.9. The van der Waals surface area contributed by atoms with Gasteiger partial charge in [0.2, 0.25) is 5.95 Å². The number of nitrogens with one attached hydrogen (secondary N) is 1. The van der Waals surface area contributed by atoms with Gasteiger partial charge in [-0.25, -0.2) is 19.9 Å². The van der Waals surface area contributed by atoms with Crippen LogP contribution in [0.3, 0.4) is 0 Å². The van der Waals surface area contributed by atoms with E-state index in [4.69, 9.17) is 25.5 Å². The molecule has 0 spiro atoms. The molecule has 1 aliphatic heterocycles. The van der Waals surface area contributed by atoms with Crippen molar-refractivity contribution < 1.29 is 9.84 Å². The molecule has 5 rings (SSSR count). The van der Waals surface area contributed by atoms with Crippen LogP contribution < -0.4 is 15.4 Å². The van der Waals surface area contributed by atoms with E-state index in [1.165, 1.54) is 11.9 Å². The van der Waals surface area contributed by atoms with Gasteiger partial charge in [0.15, 0.2) is 11.6 Å². The van der Waals surface area contributed by atoms with E-state index in [1.54, 1.807) is 23.7 Å². The molecule has 176 valence electrons. The minimum atomic E-state index is 0.104. The standard InChI is InChI=1S/C23H25N7O2S2/c1-14-18-20(33-19(14)15-3-2-4-17(11-15)34-27-5-8-31)22(30-6-9-32-10-7-30)29-21(28-18)16-12-25-23(24)26-13-16/h2-4,11-13,27,31H,5-10H2,1H3,(H2,24,25,26). The summed E-state index contributed by atoms with van der Waals surface area (Å²) in [4.78, 5) is 22.6. The predicted octanol–water partition coefficient (Wildman–Crippen LogP) is 3.13. The van der Waals surface area contributed by atoms with Crippen molar-refractivity contribution in [2.45, 2.75) is 11.8 Å². The third-order valence-corrected chi connectivity index (χ3v) is 7.65. The van der Waals surface area contributed by atoms with Crippen LogP contribution in [0.1, 0.15) is 5.56 Å². The SMILES string of the molecule is Cc1c(-c2cccc(SNCCO)c2)sc2c(N3CCOCC3)nc(-c3cnc(N)nc3)nc12. The molecule has 1 saturated heterocycles. The number of aryl methyl sites for hydroxylation is 1. The molecule has 0 aliphatic carbocycles. The van der Waals surface area contributed by atoms with Gasteiger partial charge in [0.1, 0.15) is 0 Å². The Labute approximate surface area is 205 Å². The number of thiophene rings is 1. The largest absolute Gasteiger partial charge is 0.395 e. The maximum Gasteiger partial charge on any atom is 0.219 e. The number of aromatic nitrogens is 4. The first-order valence-corrected chi connectivity index (χ1v) is 12.6. The van der Waals surface area contributed by atoms with Gasteiger partial charge in [-0.1, -0.05) is 12.1 Å². The van der Waals surface area contributed by atoms with E-state index in [0.717, 1.165) is 55.6 Å². The normalized spacial score (nSPS) is 14.1. The van der Waals surface area contributed by atoms with Crippen LogP contribution in [0.2, 0.25) is 0 Å². The highest BCUT2D eigenvalue weighted by molar-refractivity contribution is 7.97. The van der Waals surface area contributed by atoms with E-state index in [1.807, 2.05) is 6.07 Å². The smallest absolute Gasteiger partial charge is 0.219 e. The third-order valence-electron chi connectivity index (χ3n) is 5.49. The highest BCUT2D eigenvalue weighted by Gasteiger charge is 2.23. The lowest BCUT2D eigenvalue weighted by atomic mass is 10.1. The Kier molecular flexibility index (Phi) is 6.88. The number of benzene rings is 1. The molecule has 1 fully saturated rings. The molecule has 0 atom stereocenters. The Morgan fingerprint density at radius 1 is 1.18 bits per heavy atom. The molecule has 0 unspecified atom stereocenters. The van der Waals surface area contributed by atoms with Crippen molar-refractivity contribution in [2.75, 3.05) is 50.1 Å². The van der Waals surface area contributed by atoms with Crippen LogP contribution in [0.4, 0.5) is 11.8 Å². The van der Waals surface area contributed by atoms with E-state index in [2.05, 4.69) is 44.7 Å². The van der Waals surface area contributed by atoms with Crippen LogP contribution in [0.5, 0.6) is 0 Å². The second kappa shape index (κ2) is 10.2. The maximum atomic E-state index is 9.03. The van der Waals surface area contributed by atoms with Gasteiger partial charge >= 0.3 is 0 Å². The molecule has 4 heterocycles. The summed E-state index contributed by atoms with van der Waals surface area (Å²) in [5.41, 5.74) is 9.58. The van der Waals surface area contributed by atoms with Gasteiger partial charge in [-0.3, -0.25) is 4.72 Å². The Morgan fingerprint density at radius 2 is 1.97 bits per heavy atom. The molecule has 1 aromatic carbocycles. The molecule has 11 heteroatoms. The average Bonchev–Trinajstić information content (AvgIpc) is 3.21. The second-order valence-electron chi connectivity index (χ2n) is 7.78. The van der Waals surface area contributed by atoms with Crippen LogP contribution >= 0.6 is 23.3 Å². The number of anilines is 2. The lowest BCUT2D eigenvalue weighted by molar-refractivity contribution is 0.122. The first-order valence-electron chi connectivity index (χ1n) is 11.0. The van der Waals surface area contributed by atoms with Crippen LogP contribution in [0.15, 0.2) is 41.6 Å². The third kappa shape index (κ3) is 4.70. The summed E-state index contributed by atoms with van der Waals surface area (Å²) >= 11 is 3.23. The molecule has 1 aliphatic rings. The van der Waals surface area contributed by atoms with Crippen molar-refractivity contribution in [2.24, 2.45) is 0 Å². The molecular formula is C23H25N7O2S2. The number of rotatable bonds is 7. The highest BCUT2D eigenvalue weighted by atomic mass is 32.2. The van der Waals surface area contributed by atoms with E-state index in [9.17, 15) is 0 Å². The number of aliphatic hydroxyl groups excluding tert-OH is 1. The molecule has 0 amide bonds. The topological polar surface area (TPSA) is 122 Å². The zero-order chi connectivity index (χ0) is 23.5. The molecule has 34 heavy (non-hydrogen) atoms. The van der Waals surface area contributed by atoms with Crippen molar-refractivity contribution in [1.29, 1.82) is 0 Å². The number of fused-ring (bicyclic) bond motifs is 1. The molecule has 0 radical (unpaired) electrons. The Morgan fingerprint density at radius 3 is 2.74 bits per heavy atom. The van der Waals surface area contributed by atoms with Crippen molar-refractivity contribution >= 4 is 45.3 Å². The highest BCUT2D eigenvalue weighted by Crippen LogP contribution is 2.42.